The highest BCUT2D eigenvalue weighted by Gasteiger charge is 2.70. The van der Waals surface area contributed by atoms with Gasteiger partial charge in [-0.15, -0.1) is 0 Å². The molecule has 268 valence electrons. The number of likely N-dealkylation sites (tertiary alicyclic amines) is 1. The zero-order valence-corrected chi connectivity index (χ0v) is 29.2. The number of imide groups is 2. The Balaban J connectivity index is 1.30. The van der Waals surface area contributed by atoms with Gasteiger partial charge in [-0.25, -0.2) is 4.90 Å². The summed E-state index contributed by atoms with van der Waals surface area (Å²) in [5.74, 6) is -7.00. The Morgan fingerprint density at radius 3 is 2.28 bits per heavy atom. The van der Waals surface area contributed by atoms with E-state index >= 15 is 4.79 Å². The summed E-state index contributed by atoms with van der Waals surface area (Å²) in [5.41, 5.74) is 1.29. The van der Waals surface area contributed by atoms with Crippen molar-refractivity contribution in [2.75, 3.05) is 11.4 Å². The minimum atomic E-state index is -1.56. The van der Waals surface area contributed by atoms with Gasteiger partial charge in [0.25, 0.3) is 0 Å². The van der Waals surface area contributed by atoms with E-state index in [0.29, 0.717) is 33.2 Å². The number of fused-ring (bicyclic) bond motifs is 4. The van der Waals surface area contributed by atoms with E-state index in [9.17, 15) is 29.4 Å². The fourth-order valence-electron chi connectivity index (χ4n) is 9.18. The lowest BCUT2D eigenvalue weighted by Crippen LogP contribution is -2.53. The fraction of sp³-hybridized carbons (Fsp3) is 0.262. The molecule has 2 aliphatic carbocycles. The number of carboxylic acids is 1. The number of hydrogen-bond acceptors (Lipinski definition) is 7. The van der Waals surface area contributed by atoms with Crippen molar-refractivity contribution < 1.29 is 38.9 Å². The van der Waals surface area contributed by atoms with Crippen LogP contribution in [0.25, 0.3) is 0 Å². The summed E-state index contributed by atoms with van der Waals surface area (Å²) in [4.78, 5) is 71.6. The molecule has 2 N–H and O–H groups in total. The topological polar surface area (TPSA) is 142 Å². The van der Waals surface area contributed by atoms with Gasteiger partial charge in [0.15, 0.2) is 0 Å². The molecule has 11 heteroatoms. The maximum absolute atomic E-state index is 15.4. The van der Waals surface area contributed by atoms with E-state index < -0.39 is 71.0 Å². The second-order valence-electron chi connectivity index (χ2n) is 14.1. The molecule has 10 nitrogen and oxygen atoms in total. The molecule has 4 aromatic rings. The molecule has 53 heavy (non-hydrogen) atoms. The minimum absolute atomic E-state index is 0.0743. The number of hydrogen-bond donors (Lipinski definition) is 2. The van der Waals surface area contributed by atoms with Crippen molar-refractivity contribution in [3.05, 3.63) is 136 Å². The normalized spacial score (nSPS) is 26.2. The molecule has 2 aliphatic heterocycles. The van der Waals surface area contributed by atoms with Crippen molar-refractivity contribution in [2.45, 2.75) is 37.2 Å². The number of carbonyl (C=O) groups excluding carboxylic acids is 4. The third-order valence-corrected chi connectivity index (χ3v) is 11.6. The molecule has 6 atom stereocenters. The minimum Gasteiger partial charge on any atom is -0.508 e. The van der Waals surface area contributed by atoms with Crippen LogP contribution < -0.4 is 9.64 Å². The monoisotopic (exact) mass is 730 g/mol. The number of halogens is 1. The number of carbonyl (C=O) groups is 5. The number of aromatic hydroxyl groups is 1. The largest absolute Gasteiger partial charge is 0.508 e. The lowest BCUT2D eigenvalue weighted by molar-refractivity contribution is -0.142. The molecule has 8 rings (SSSR count). The van der Waals surface area contributed by atoms with Crippen LogP contribution in [-0.4, -0.2) is 51.3 Å². The van der Waals surface area contributed by atoms with Crippen LogP contribution in [0.2, 0.25) is 5.02 Å². The Bertz CT molecular complexity index is 2190. The molecule has 4 amide bonds. The second-order valence-corrected chi connectivity index (χ2v) is 14.5. The summed E-state index contributed by atoms with van der Waals surface area (Å²) in [6, 6.07) is 30.0. The summed E-state index contributed by atoms with van der Waals surface area (Å²) in [6.45, 7) is -0.000462. The first kappa shape index (κ1) is 34.4. The first-order valence-electron chi connectivity index (χ1n) is 17.6. The molecule has 4 aromatic carbocycles. The summed E-state index contributed by atoms with van der Waals surface area (Å²) < 4.78 is 6.03. The van der Waals surface area contributed by atoms with E-state index in [1.54, 1.807) is 48.5 Å². The number of aliphatic carboxylic acids is 1. The highest BCUT2D eigenvalue weighted by atomic mass is 35.5. The number of benzene rings is 4. The number of phenolic OH excluding ortho intramolecular Hbond substituents is 1. The number of carboxylic acid groups (broad SMARTS) is 1. The van der Waals surface area contributed by atoms with Crippen LogP contribution in [0.3, 0.4) is 0 Å². The molecule has 4 aliphatic rings. The molecule has 3 fully saturated rings. The Kier molecular flexibility index (Phi) is 8.65. The molecule has 0 bridgehead atoms. The average Bonchev–Trinajstić information content (AvgIpc) is 3.54. The third-order valence-electron chi connectivity index (χ3n) is 11.4. The van der Waals surface area contributed by atoms with Gasteiger partial charge in [-0.05, 0) is 54.2 Å². The van der Waals surface area contributed by atoms with E-state index in [-0.39, 0.29) is 31.7 Å². The van der Waals surface area contributed by atoms with Gasteiger partial charge in [-0.2, -0.15) is 0 Å². The number of ether oxygens (including phenoxy) is 1. The van der Waals surface area contributed by atoms with Crippen LogP contribution >= 0.6 is 11.6 Å². The Hall–Kier alpha value is -5.74. The summed E-state index contributed by atoms with van der Waals surface area (Å²) in [7, 11) is 0. The number of amides is 4. The van der Waals surface area contributed by atoms with Gasteiger partial charge in [-0.1, -0.05) is 96.0 Å². The van der Waals surface area contributed by atoms with Gasteiger partial charge in [0.1, 0.15) is 18.1 Å². The van der Waals surface area contributed by atoms with Crippen molar-refractivity contribution in [3.63, 3.8) is 0 Å². The fourth-order valence-corrected chi connectivity index (χ4v) is 9.36. The Morgan fingerprint density at radius 2 is 1.58 bits per heavy atom. The van der Waals surface area contributed by atoms with E-state index in [1.807, 2.05) is 54.6 Å². The van der Waals surface area contributed by atoms with Crippen molar-refractivity contribution >= 4 is 46.9 Å². The molecule has 0 spiro atoms. The maximum atomic E-state index is 15.4. The highest BCUT2D eigenvalue weighted by Crippen LogP contribution is 2.65. The maximum Gasteiger partial charge on any atom is 0.305 e. The predicted octanol–water partition coefficient (Wildman–Crippen LogP) is 6.26. The predicted molar refractivity (Wildman–Crippen MR) is 194 cm³/mol. The van der Waals surface area contributed by atoms with E-state index in [1.165, 1.54) is 11.0 Å². The van der Waals surface area contributed by atoms with Crippen LogP contribution in [-0.2, 0) is 36.0 Å². The molecule has 2 saturated heterocycles. The molecular weight excluding hydrogens is 696 g/mol. The summed E-state index contributed by atoms with van der Waals surface area (Å²) in [5, 5.41) is 21.6. The molecular formula is C42H35ClN2O8. The standard InChI is InChI=1S/C42H35ClN2O8/c43-26-12-7-13-27(20-26)45-39(50)33-22-32-29(16-17-31-36(32)40(51)44(38(31)49)19-18-35(47)48)37(42(33,41(45)52)25-10-5-2-6-11-25)30-15-14-28(21-34(30)46)53-23-24-8-3-1-4-9-24/h1-16,20-21,31-33,36-37,46H,17-19,22-23H2,(H,47,48). The smallest absolute Gasteiger partial charge is 0.305 e. The zero-order chi connectivity index (χ0) is 37.0. The molecule has 6 unspecified atom stereocenters. The average molecular weight is 731 g/mol. The number of allylic oxidation sites excluding steroid dienone is 2. The van der Waals surface area contributed by atoms with E-state index in [2.05, 4.69) is 0 Å². The van der Waals surface area contributed by atoms with Crippen molar-refractivity contribution in [3.8, 4) is 11.5 Å². The van der Waals surface area contributed by atoms with Gasteiger partial charge in [0, 0.05) is 29.1 Å². The SMILES string of the molecule is O=C(O)CCN1C(=O)C2CC=C3C(CC4C(=O)N(c5cccc(Cl)c5)C(=O)C4(c4ccccc4)C3c3ccc(OCc4ccccc4)cc3O)C2C1=O. The van der Waals surface area contributed by atoms with Gasteiger partial charge in [0.05, 0.1) is 35.3 Å². The number of nitrogens with zero attached hydrogens (tertiary/aromatic N) is 2. The zero-order valence-electron chi connectivity index (χ0n) is 28.4. The molecule has 1 saturated carbocycles. The highest BCUT2D eigenvalue weighted by molar-refractivity contribution is 6.32. The van der Waals surface area contributed by atoms with Crippen molar-refractivity contribution in [1.29, 1.82) is 0 Å². The lowest BCUT2D eigenvalue weighted by Gasteiger charge is -2.50. The lowest BCUT2D eigenvalue weighted by atomic mass is 9.49. The van der Waals surface area contributed by atoms with Crippen molar-refractivity contribution in [2.24, 2.45) is 23.7 Å². The van der Waals surface area contributed by atoms with Crippen LogP contribution in [0, 0.1) is 23.7 Å². The Morgan fingerprint density at radius 1 is 0.849 bits per heavy atom. The number of anilines is 1. The molecule has 0 aromatic heterocycles. The summed E-state index contributed by atoms with van der Waals surface area (Å²) >= 11 is 6.38. The van der Waals surface area contributed by atoms with Gasteiger partial charge < -0.3 is 14.9 Å². The first-order valence-corrected chi connectivity index (χ1v) is 17.9. The van der Waals surface area contributed by atoms with Crippen LogP contribution in [0.4, 0.5) is 5.69 Å². The molecule has 2 heterocycles. The Labute approximate surface area is 310 Å². The van der Waals surface area contributed by atoms with Gasteiger partial charge in [0.2, 0.25) is 23.6 Å². The quantitative estimate of drug-likeness (QED) is 0.152. The number of phenols is 1. The first-order chi connectivity index (χ1) is 25.6. The van der Waals surface area contributed by atoms with Gasteiger partial charge in [-0.3, -0.25) is 28.9 Å². The third kappa shape index (κ3) is 5.51. The summed E-state index contributed by atoms with van der Waals surface area (Å²) in [6.07, 6.45) is 1.75. The van der Waals surface area contributed by atoms with Crippen LogP contribution in [0.15, 0.2) is 115 Å². The van der Waals surface area contributed by atoms with E-state index in [4.69, 9.17) is 16.3 Å². The van der Waals surface area contributed by atoms with Crippen molar-refractivity contribution in [1.82, 2.24) is 4.90 Å². The van der Waals surface area contributed by atoms with Crippen LogP contribution in [0.5, 0.6) is 11.5 Å². The number of rotatable bonds is 9. The van der Waals surface area contributed by atoms with E-state index in [0.717, 1.165) is 10.5 Å². The van der Waals surface area contributed by atoms with Crippen LogP contribution in [0.1, 0.15) is 41.9 Å². The second kappa shape index (κ2) is 13.3. The molecule has 0 radical (unpaired) electrons. The van der Waals surface area contributed by atoms with Gasteiger partial charge >= 0.3 is 5.97 Å².